The Kier molecular flexibility index (Phi) is 4.46. The molecular formula is C14H21BrN2. The quantitative estimate of drug-likeness (QED) is 0.812. The first-order valence-electron chi connectivity index (χ1n) is 6.45. The predicted molar refractivity (Wildman–Crippen MR) is 76.8 cm³/mol. The summed E-state index contributed by atoms with van der Waals surface area (Å²) in [6, 6.07) is 6.12. The van der Waals surface area contributed by atoms with Crippen molar-refractivity contribution in [2.24, 2.45) is 5.92 Å². The van der Waals surface area contributed by atoms with Gasteiger partial charge in [0.2, 0.25) is 0 Å². The Bertz CT molecular complexity index is 374. The van der Waals surface area contributed by atoms with Gasteiger partial charge in [0.1, 0.15) is 0 Å². The van der Waals surface area contributed by atoms with Crippen LogP contribution in [0.25, 0.3) is 0 Å². The van der Waals surface area contributed by atoms with Crippen LogP contribution in [0.2, 0.25) is 0 Å². The maximum atomic E-state index is 5.76. The average molecular weight is 297 g/mol. The van der Waals surface area contributed by atoms with E-state index in [2.05, 4.69) is 33.8 Å². The molecule has 0 heterocycles. The van der Waals surface area contributed by atoms with Crippen LogP contribution in [0.4, 0.5) is 5.69 Å². The zero-order chi connectivity index (χ0) is 12.3. The molecule has 1 fully saturated rings. The highest BCUT2D eigenvalue weighted by Gasteiger charge is 2.24. The molecule has 0 unspecified atom stereocenters. The number of halogens is 1. The molecule has 2 rings (SSSR count). The molecule has 2 N–H and O–H groups in total. The van der Waals surface area contributed by atoms with E-state index in [1.807, 2.05) is 12.1 Å². The van der Waals surface area contributed by atoms with Gasteiger partial charge in [0.25, 0.3) is 0 Å². The van der Waals surface area contributed by atoms with Gasteiger partial charge in [-0.15, -0.1) is 0 Å². The first-order chi connectivity index (χ1) is 8.19. The normalized spacial score (nSPS) is 15.5. The van der Waals surface area contributed by atoms with Crippen LogP contribution in [0.3, 0.4) is 0 Å². The van der Waals surface area contributed by atoms with Crippen molar-refractivity contribution in [1.29, 1.82) is 0 Å². The number of benzene rings is 1. The third-order valence-corrected chi connectivity index (χ3v) is 3.96. The Morgan fingerprint density at radius 3 is 2.76 bits per heavy atom. The van der Waals surface area contributed by atoms with Crippen molar-refractivity contribution in [3.63, 3.8) is 0 Å². The summed E-state index contributed by atoms with van der Waals surface area (Å²) in [5.74, 6) is 0.953. The summed E-state index contributed by atoms with van der Waals surface area (Å²) in [4.78, 5) is 2.56. The summed E-state index contributed by atoms with van der Waals surface area (Å²) in [7, 11) is 0. The topological polar surface area (TPSA) is 29.3 Å². The van der Waals surface area contributed by atoms with Gasteiger partial charge in [0.05, 0.1) is 0 Å². The molecule has 0 amide bonds. The molecule has 0 aliphatic heterocycles. The molecule has 1 aliphatic carbocycles. The second kappa shape index (κ2) is 5.87. The van der Waals surface area contributed by atoms with E-state index in [1.165, 1.54) is 37.9 Å². The molecule has 1 aliphatic rings. The number of nitrogens with zero attached hydrogens (tertiary/aromatic N) is 1. The van der Waals surface area contributed by atoms with Crippen molar-refractivity contribution in [3.05, 3.63) is 28.2 Å². The summed E-state index contributed by atoms with van der Waals surface area (Å²) >= 11 is 3.60. The van der Waals surface area contributed by atoms with Crippen molar-refractivity contribution in [2.75, 3.05) is 18.8 Å². The van der Waals surface area contributed by atoms with Crippen molar-refractivity contribution in [2.45, 2.75) is 32.7 Å². The van der Waals surface area contributed by atoms with Gasteiger partial charge < -0.3 is 5.73 Å². The van der Waals surface area contributed by atoms with Crippen molar-refractivity contribution in [1.82, 2.24) is 4.90 Å². The number of hydrogen-bond acceptors (Lipinski definition) is 2. The van der Waals surface area contributed by atoms with Crippen LogP contribution < -0.4 is 5.73 Å². The van der Waals surface area contributed by atoms with Crippen LogP contribution >= 0.6 is 15.9 Å². The number of hydrogen-bond donors (Lipinski definition) is 1. The zero-order valence-electron chi connectivity index (χ0n) is 10.5. The van der Waals surface area contributed by atoms with Gasteiger partial charge in [-0.2, -0.15) is 0 Å². The number of anilines is 1. The van der Waals surface area contributed by atoms with Gasteiger partial charge in [-0.05, 0) is 49.4 Å². The highest BCUT2D eigenvalue weighted by Crippen LogP contribution is 2.31. The van der Waals surface area contributed by atoms with E-state index in [0.717, 1.165) is 22.6 Å². The van der Waals surface area contributed by atoms with E-state index in [0.29, 0.717) is 0 Å². The maximum absolute atomic E-state index is 5.76. The van der Waals surface area contributed by atoms with Gasteiger partial charge >= 0.3 is 0 Å². The minimum absolute atomic E-state index is 0.824. The highest BCUT2D eigenvalue weighted by atomic mass is 79.9. The molecule has 3 heteroatoms. The van der Waals surface area contributed by atoms with E-state index in [-0.39, 0.29) is 0 Å². The minimum atomic E-state index is 0.824. The number of nitrogens with two attached hydrogens (primary N) is 1. The van der Waals surface area contributed by atoms with Crippen molar-refractivity contribution >= 4 is 21.6 Å². The second-order valence-electron chi connectivity index (χ2n) is 5.03. The first kappa shape index (κ1) is 12.9. The third-order valence-electron chi connectivity index (χ3n) is 3.22. The molecule has 0 saturated heterocycles. The fraction of sp³-hybridized carbons (Fsp3) is 0.571. The van der Waals surface area contributed by atoms with Crippen molar-refractivity contribution < 1.29 is 0 Å². The van der Waals surface area contributed by atoms with Crippen LogP contribution in [0, 0.1) is 5.92 Å². The zero-order valence-corrected chi connectivity index (χ0v) is 12.0. The molecule has 1 aromatic carbocycles. The van der Waals surface area contributed by atoms with E-state index < -0.39 is 0 Å². The summed E-state index contributed by atoms with van der Waals surface area (Å²) in [5.41, 5.74) is 7.93. The van der Waals surface area contributed by atoms with E-state index in [9.17, 15) is 0 Å². The van der Waals surface area contributed by atoms with Crippen molar-refractivity contribution in [3.8, 4) is 0 Å². The monoisotopic (exact) mass is 296 g/mol. The second-order valence-corrected chi connectivity index (χ2v) is 5.88. The van der Waals surface area contributed by atoms with Gasteiger partial charge in [0, 0.05) is 23.2 Å². The predicted octanol–water partition coefficient (Wildman–Crippen LogP) is 3.65. The van der Waals surface area contributed by atoms with Crippen LogP contribution in [0.15, 0.2) is 22.7 Å². The molecule has 17 heavy (non-hydrogen) atoms. The van der Waals surface area contributed by atoms with Crippen LogP contribution in [-0.2, 0) is 6.54 Å². The Morgan fingerprint density at radius 1 is 1.41 bits per heavy atom. The minimum Gasteiger partial charge on any atom is -0.399 e. The fourth-order valence-electron chi connectivity index (χ4n) is 2.15. The highest BCUT2D eigenvalue weighted by molar-refractivity contribution is 9.10. The van der Waals surface area contributed by atoms with Gasteiger partial charge in [0.15, 0.2) is 0 Å². The molecule has 0 aromatic heterocycles. The van der Waals surface area contributed by atoms with E-state index in [4.69, 9.17) is 5.73 Å². The molecule has 0 radical (unpaired) electrons. The molecule has 0 bridgehead atoms. The maximum Gasteiger partial charge on any atom is 0.0325 e. The Balaban J connectivity index is 1.99. The molecule has 0 atom stereocenters. The largest absolute Gasteiger partial charge is 0.399 e. The lowest BCUT2D eigenvalue weighted by molar-refractivity contribution is 0.254. The Morgan fingerprint density at radius 2 is 2.18 bits per heavy atom. The standard InChI is InChI=1S/C14H21BrN2/c1-2-7-17(9-11-3-4-11)10-12-5-6-13(16)8-14(12)15/h5-6,8,11H,2-4,7,9-10,16H2,1H3. The lowest BCUT2D eigenvalue weighted by atomic mass is 10.2. The van der Waals surface area contributed by atoms with Gasteiger partial charge in [-0.3, -0.25) is 4.90 Å². The number of nitrogen functional groups attached to an aromatic ring is 1. The van der Waals surface area contributed by atoms with E-state index in [1.54, 1.807) is 0 Å². The van der Waals surface area contributed by atoms with Gasteiger partial charge in [-0.25, -0.2) is 0 Å². The third kappa shape index (κ3) is 4.00. The Labute approximate surface area is 112 Å². The summed E-state index contributed by atoms with van der Waals surface area (Å²) in [6.45, 7) is 5.72. The molecule has 2 nitrogen and oxygen atoms in total. The lowest BCUT2D eigenvalue weighted by Gasteiger charge is -2.22. The number of rotatable bonds is 6. The summed E-state index contributed by atoms with van der Waals surface area (Å²) < 4.78 is 1.13. The van der Waals surface area contributed by atoms with Gasteiger partial charge in [-0.1, -0.05) is 28.9 Å². The average Bonchev–Trinajstić information content (AvgIpc) is 3.06. The summed E-state index contributed by atoms with van der Waals surface area (Å²) in [6.07, 6.45) is 4.06. The summed E-state index contributed by atoms with van der Waals surface area (Å²) in [5, 5.41) is 0. The smallest absolute Gasteiger partial charge is 0.0325 e. The first-order valence-corrected chi connectivity index (χ1v) is 7.24. The Hall–Kier alpha value is -0.540. The SMILES string of the molecule is CCCN(Cc1ccc(N)cc1Br)CC1CC1. The fourth-order valence-corrected chi connectivity index (χ4v) is 2.67. The van der Waals surface area contributed by atoms with Crippen LogP contribution in [0.1, 0.15) is 31.7 Å². The molecule has 94 valence electrons. The molecule has 1 saturated carbocycles. The molecular weight excluding hydrogens is 276 g/mol. The molecule has 0 spiro atoms. The lowest BCUT2D eigenvalue weighted by Crippen LogP contribution is -2.26. The van der Waals surface area contributed by atoms with Crippen LogP contribution in [0.5, 0.6) is 0 Å². The van der Waals surface area contributed by atoms with Crippen LogP contribution in [-0.4, -0.2) is 18.0 Å². The van der Waals surface area contributed by atoms with E-state index >= 15 is 0 Å². The molecule has 1 aromatic rings.